The maximum atomic E-state index is 11.8. The lowest BCUT2D eigenvalue weighted by atomic mass is 9.98. The van der Waals surface area contributed by atoms with Gasteiger partial charge in [-0.25, -0.2) is 0 Å². The molecule has 1 aromatic carbocycles. The largest absolute Gasteiger partial charge is 0.324 e. The van der Waals surface area contributed by atoms with Gasteiger partial charge in [0.2, 0.25) is 5.91 Å². The fraction of sp³-hybridized carbons (Fsp3) is 0.400. The molecular formula is C15H22N2O. The average molecular weight is 246 g/mol. The van der Waals surface area contributed by atoms with Gasteiger partial charge in [-0.2, -0.15) is 0 Å². The van der Waals surface area contributed by atoms with Gasteiger partial charge in [0.25, 0.3) is 0 Å². The highest BCUT2D eigenvalue weighted by Crippen LogP contribution is 2.27. The first-order chi connectivity index (χ1) is 8.56. The van der Waals surface area contributed by atoms with E-state index >= 15 is 0 Å². The molecule has 1 aromatic rings. The Hall–Kier alpha value is -1.61. The molecule has 0 heterocycles. The van der Waals surface area contributed by atoms with Crippen molar-refractivity contribution < 1.29 is 4.79 Å². The van der Waals surface area contributed by atoms with E-state index in [1.807, 2.05) is 19.1 Å². The minimum absolute atomic E-state index is 0.0203. The van der Waals surface area contributed by atoms with Crippen LogP contribution in [-0.4, -0.2) is 19.0 Å². The van der Waals surface area contributed by atoms with Crippen molar-refractivity contribution >= 4 is 11.6 Å². The molecule has 0 saturated heterocycles. The van der Waals surface area contributed by atoms with E-state index in [-0.39, 0.29) is 5.91 Å². The van der Waals surface area contributed by atoms with Crippen LogP contribution in [0, 0.1) is 6.92 Å². The summed E-state index contributed by atoms with van der Waals surface area (Å²) in [6, 6.07) is 6.10. The summed E-state index contributed by atoms with van der Waals surface area (Å²) >= 11 is 0. The quantitative estimate of drug-likeness (QED) is 0.598. The number of rotatable bonds is 6. The molecule has 0 radical (unpaired) electrons. The third kappa shape index (κ3) is 4.00. The highest BCUT2D eigenvalue weighted by atomic mass is 16.1. The summed E-state index contributed by atoms with van der Waals surface area (Å²) in [4.78, 5) is 11.8. The topological polar surface area (TPSA) is 41.1 Å². The van der Waals surface area contributed by atoms with Crippen molar-refractivity contribution in [3.8, 4) is 0 Å². The van der Waals surface area contributed by atoms with Gasteiger partial charge in [-0.15, -0.1) is 6.58 Å². The van der Waals surface area contributed by atoms with E-state index < -0.39 is 0 Å². The number of hydrogen-bond donors (Lipinski definition) is 2. The third-order valence-corrected chi connectivity index (χ3v) is 2.77. The number of carbonyl (C=O) groups is 1. The molecular weight excluding hydrogens is 224 g/mol. The van der Waals surface area contributed by atoms with Gasteiger partial charge in [0.1, 0.15) is 0 Å². The highest BCUT2D eigenvalue weighted by molar-refractivity contribution is 5.93. The van der Waals surface area contributed by atoms with Crippen LogP contribution < -0.4 is 10.6 Å². The Morgan fingerprint density at radius 2 is 2.17 bits per heavy atom. The zero-order valence-corrected chi connectivity index (χ0v) is 11.4. The number of anilines is 1. The molecule has 0 spiro atoms. The Morgan fingerprint density at radius 3 is 2.78 bits per heavy atom. The minimum Gasteiger partial charge on any atom is -0.324 e. The first-order valence-corrected chi connectivity index (χ1v) is 6.27. The van der Waals surface area contributed by atoms with Crippen molar-refractivity contribution in [2.24, 2.45) is 0 Å². The maximum absolute atomic E-state index is 11.8. The number of hydrogen-bond acceptors (Lipinski definition) is 2. The van der Waals surface area contributed by atoms with Gasteiger partial charge in [-0.3, -0.25) is 4.79 Å². The molecule has 0 fully saturated rings. The number of amides is 1. The molecule has 0 atom stereocenters. The molecule has 0 aliphatic heterocycles. The van der Waals surface area contributed by atoms with Gasteiger partial charge in [0, 0.05) is 12.2 Å². The molecule has 0 unspecified atom stereocenters. The minimum atomic E-state index is -0.0203. The summed E-state index contributed by atoms with van der Waals surface area (Å²) in [6.07, 6.45) is 1.74. The predicted octanol–water partition coefficient (Wildman–Crippen LogP) is 2.83. The van der Waals surface area contributed by atoms with E-state index in [9.17, 15) is 4.79 Å². The van der Waals surface area contributed by atoms with Gasteiger partial charge in [0.15, 0.2) is 0 Å². The summed E-state index contributed by atoms with van der Waals surface area (Å²) in [5, 5.41) is 5.98. The molecule has 0 aliphatic rings. The van der Waals surface area contributed by atoms with E-state index in [4.69, 9.17) is 0 Å². The second-order valence-corrected chi connectivity index (χ2v) is 4.66. The monoisotopic (exact) mass is 246 g/mol. The summed E-state index contributed by atoms with van der Waals surface area (Å²) < 4.78 is 0. The Bertz CT molecular complexity index is 425. The number of nitrogens with one attached hydrogen (secondary N) is 2. The molecule has 3 nitrogen and oxygen atoms in total. The summed E-state index contributed by atoms with van der Waals surface area (Å²) in [6.45, 7) is 10.8. The van der Waals surface area contributed by atoms with Gasteiger partial charge < -0.3 is 10.6 Å². The maximum Gasteiger partial charge on any atom is 0.238 e. The van der Waals surface area contributed by atoms with Crippen LogP contribution in [0.15, 0.2) is 30.9 Å². The van der Waals surface area contributed by atoms with E-state index in [0.29, 0.717) is 19.0 Å². The summed E-state index contributed by atoms with van der Waals surface area (Å²) in [7, 11) is 0. The van der Waals surface area contributed by atoms with Crippen LogP contribution in [0.2, 0.25) is 0 Å². The zero-order chi connectivity index (χ0) is 13.5. The lowest BCUT2D eigenvalue weighted by Gasteiger charge is -2.16. The van der Waals surface area contributed by atoms with Crippen molar-refractivity contribution in [2.75, 3.05) is 18.4 Å². The smallest absolute Gasteiger partial charge is 0.238 e. The van der Waals surface area contributed by atoms with E-state index in [1.54, 1.807) is 6.08 Å². The lowest BCUT2D eigenvalue weighted by molar-refractivity contribution is -0.115. The van der Waals surface area contributed by atoms with Crippen molar-refractivity contribution in [2.45, 2.75) is 26.7 Å². The van der Waals surface area contributed by atoms with Crippen LogP contribution in [0.5, 0.6) is 0 Å². The van der Waals surface area contributed by atoms with E-state index in [2.05, 4.69) is 37.1 Å². The van der Waals surface area contributed by atoms with Crippen LogP contribution in [0.1, 0.15) is 30.9 Å². The molecule has 98 valence electrons. The lowest BCUT2D eigenvalue weighted by Crippen LogP contribution is -2.28. The molecule has 0 aliphatic carbocycles. The van der Waals surface area contributed by atoms with Crippen molar-refractivity contribution in [1.82, 2.24) is 5.32 Å². The van der Waals surface area contributed by atoms with Crippen LogP contribution in [0.25, 0.3) is 0 Å². The Labute approximate surface area is 109 Å². The zero-order valence-electron chi connectivity index (χ0n) is 11.4. The van der Waals surface area contributed by atoms with Gasteiger partial charge >= 0.3 is 0 Å². The molecule has 0 saturated carbocycles. The first kappa shape index (κ1) is 14.5. The van der Waals surface area contributed by atoms with Crippen LogP contribution in [0.3, 0.4) is 0 Å². The fourth-order valence-corrected chi connectivity index (χ4v) is 1.81. The molecule has 2 N–H and O–H groups in total. The Balaban J connectivity index is 2.76. The van der Waals surface area contributed by atoms with Crippen LogP contribution in [0.4, 0.5) is 5.69 Å². The van der Waals surface area contributed by atoms with Crippen molar-refractivity contribution in [1.29, 1.82) is 0 Å². The number of para-hydroxylation sites is 1. The van der Waals surface area contributed by atoms with Crippen molar-refractivity contribution in [3.05, 3.63) is 42.0 Å². The molecule has 3 heteroatoms. The Morgan fingerprint density at radius 1 is 1.44 bits per heavy atom. The second kappa shape index (κ2) is 6.97. The second-order valence-electron chi connectivity index (χ2n) is 4.66. The summed E-state index contributed by atoms with van der Waals surface area (Å²) in [5.74, 6) is 0.370. The Kier molecular flexibility index (Phi) is 5.59. The standard InChI is InChI=1S/C15H22N2O/c1-5-9-16-10-14(18)17-15-12(4)7-6-8-13(15)11(2)3/h5-8,11,16H,1,9-10H2,2-4H3,(H,17,18). The molecule has 0 bridgehead atoms. The molecule has 18 heavy (non-hydrogen) atoms. The normalized spacial score (nSPS) is 10.4. The number of aryl methyl sites for hydroxylation is 1. The number of carbonyl (C=O) groups excluding carboxylic acids is 1. The number of benzene rings is 1. The predicted molar refractivity (Wildman–Crippen MR) is 77.0 cm³/mol. The molecule has 1 rings (SSSR count). The first-order valence-electron chi connectivity index (χ1n) is 6.27. The molecule has 0 aromatic heterocycles. The highest BCUT2D eigenvalue weighted by Gasteiger charge is 2.11. The average Bonchev–Trinajstić information content (AvgIpc) is 2.31. The van der Waals surface area contributed by atoms with E-state index in [1.165, 1.54) is 5.56 Å². The van der Waals surface area contributed by atoms with Gasteiger partial charge in [0.05, 0.1) is 6.54 Å². The SMILES string of the molecule is C=CCNCC(=O)Nc1c(C)cccc1C(C)C. The van der Waals surface area contributed by atoms with Crippen LogP contribution >= 0.6 is 0 Å². The van der Waals surface area contributed by atoms with Gasteiger partial charge in [-0.05, 0) is 24.0 Å². The van der Waals surface area contributed by atoms with E-state index in [0.717, 1.165) is 11.3 Å². The molecule has 1 amide bonds. The third-order valence-electron chi connectivity index (χ3n) is 2.77. The fourth-order valence-electron chi connectivity index (χ4n) is 1.81. The summed E-state index contributed by atoms with van der Waals surface area (Å²) in [5.41, 5.74) is 3.21. The van der Waals surface area contributed by atoms with Gasteiger partial charge in [-0.1, -0.05) is 38.1 Å². The van der Waals surface area contributed by atoms with Crippen LogP contribution in [-0.2, 0) is 4.79 Å². The van der Waals surface area contributed by atoms with Crippen molar-refractivity contribution in [3.63, 3.8) is 0 Å².